The summed E-state index contributed by atoms with van der Waals surface area (Å²) in [5.74, 6) is 2.00. The van der Waals surface area contributed by atoms with Crippen molar-refractivity contribution < 1.29 is 18.8 Å². The first-order chi connectivity index (χ1) is 9.90. The molecule has 2 saturated heterocycles. The van der Waals surface area contributed by atoms with Gasteiger partial charge >= 0.3 is 13.2 Å². The van der Waals surface area contributed by atoms with Crippen LogP contribution in [0.4, 0.5) is 4.79 Å². The summed E-state index contributed by atoms with van der Waals surface area (Å²) in [6.45, 7) is 15.0. The Balaban J connectivity index is 1.95. The smallest absolute Gasteiger partial charge is 0.444 e. The Kier molecular flexibility index (Phi) is 4.39. The highest BCUT2D eigenvalue weighted by Crippen LogP contribution is 2.37. The molecule has 2 heterocycles. The Labute approximate surface area is 134 Å². The third-order valence-corrected chi connectivity index (χ3v) is 4.39. The quantitative estimate of drug-likeness (QED) is 0.698. The molecule has 0 aromatic carbocycles. The van der Waals surface area contributed by atoms with Crippen LogP contribution >= 0.6 is 0 Å². The average molecular weight is 309 g/mol. The number of ether oxygens (including phenoxy) is 1. The summed E-state index contributed by atoms with van der Waals surface area (Å²) < 4.78 is 17.3. The van der Waals surface area contributed by atoms with E-state index < -0.39 is 5.60 Å². The summed E-state index contributed by atoms with van der Waals surface area (Å²) in [6.07, 6.45) is 0.577. The van der Waals surface area contributed by atoms with E-state index in [-0.39, 0.29) is 24.4 Å². The van der Waals surface area contributed by atoms with Crippen molar-refractivity contribution in [3.8, 4) is 0 Å². The van der Waals surface area contributed by atoms with Crippen molar-refractivity contribution in [2.45, 2.75) is 71.7 Å². The molecule has 0 bridgehead atoms. The summed E-state index contributed by atoms with van der Waals surface area (Å²) in [6, 6.07) is 0. The zero-order valence-electron chi connectivity index (χ0n) is 14.9. The lowest BCUT2D eigenvalue weighted by atomic mass is 9.87. The molecule has 124 valence electrons. The third kappa shape index (κ3) is 3.85. The van der Waals surface area contributed by atoms with Gasteiger partial charge in [-0.3, -0.25) is 0 Å². The van der Waals surface area contributed by atoms with Gasteiger partial charge in [0.2, 0.25) is 0 Å². The van der Waals surface area contributed by atoms with Crippen LogP contribution in [0.5, 0.6) is 0 Å². The minimum absolute atomic E-state index is 0.259. The lowest BCUT2D eigenvalue weighted by molar-refractivity contribution is 0.00578. The molecule has 0 radical (unpaired) electrons. The summed E-state index contributed by atoms with van der Waals surface area (Å²) in [5.41, 5.74) is 0.0235. The van der Waals surface area contributed by atoms with Gasteiger partial charge < -0.3 is 18.9 Å². The SMILES string of the molecule is CC(C)(C)OC(=O)N1CC/C(=C\B2OC(C)(C)C(C)(C)O2)C1. The number of nitrogens with zero attached hydrogens (tertiary/aromatic N) is 1. The second-order valence-corrected chi connectivity index (χ2v) is 8.10. The number of hydrogen-bond acceptors (Lipinski definition) is 4. The maximum Gasteiger partial charge on any atom is 0.487 e. The number of rotatable bonds is 1. The molecular weight excluding hydrogens is 281 g/mol. The van der Waals surface area contributed by atoms with Crippen LogP contribution in [0.15, 0.2) is 11.5 Å². The summed E-state index contributed by atoms with van der Waals surface area (Å²) in [4.78, 5) is 13.8. The zero-order chi connectivity index (χ0) is 16.8. The molecule has 2 fully saturated rings. The van der Waals surface area contributed by atoms with Crippen LogP contribution in [-0.4, -0.2) is 48.0 Å². The minimum atomic E-state index is -0.463. The Morgan fingerprint density at radius 1 is 1.23 bits per heavy atom. The second-order valence-electron chi connectivity index (χ2n) is 8.10. The lowest BCUT2D eigenvalue weighted by Gasteiger charge is -2.32. The summed E-state index contributed by atoms with van der Waals surface area (Å²) in [5, 5.41) is 0. The highest BCUT2D eigenvalue weighted by atomic mass is 16.7. The van der Waals surface area contributed by atoms with Gasteiger partial charge in [0.05, 0.1) is 11.2 Å². The molecule has 0 aromatic rings. The van der Waals surface area contributed by atoms with Crippen LogP contribution in [0.3, 0.4) is 0 Å². The Hall–Kier alpha value is -1.01. The summed E-state index contributed by atoms with van der Waals surface area (Å²) in [7, 11) is -0.349. The molecule has 6 heteroatoms. The van der Waals surface area contributed by atoms with Crippen LogP contribution in [0.2, 0.25) is 0 Å². The maximum absolute atomic E-state index is 12.1. The van der Waals surface area contributed by atoms with Gasteiger partial charge in [0.1, 0.15) is 5.60 Å². The first-order valence-corrected chi connectivity index (χ1v) is 7.93. The molecular formula is C16H28BNO4. The van der Waals surface area contributed by atoms with E-state index in [1.165, 1.54) is 0 Å². The fourth-order valence-electron chi connectivity index (χ4n) is 2.45. The fraction of sp³-hybridized carbons (Fsp3) is 0.812. The lowest BCUT2D eigenvalue weighted by Crippen LogP contribution is -2.41. The van der Waals surface area contributed by atoms with Crippen LogP contribution in [-0.2, 0) is 14.0 Å². The van der Waals surface area contributed by atoms with E-state index in [4.69, 9.17) is 14.0 Å². The predicted molar refractivity (Wildman–Crippen MR) is 86.6 cm³/mol. The van der Waals surface area contributed by atoms with Gasteiger partial charge in [-0.25, -0.2) is 4.79 Å². The monoisotopic (exact) mass is 309 g/mol. The van der Waals surface area contributed by atoms with Crippen molar-refractivity contribution in [3.05, 3.63) is 11.5 Å². The number of carbonyl (C=O) groups is 1. The highest BCUT2D eigenvalue weighted by Gasteiger charge is 2.50. The van der Waals surface area contributed by atoms with E-state index in [9.17, 15) is 4.79 Å². The molecule has 2 aliphatic heterocycles. The van der Waals surface area contributed by atoms with E-state index in [2.05, 4.69) is 0 Å². The molecule has 2 aliphatic rings. The largest absolute Gasteiger partial charge is 0.487 e. The molecule has 1 amide bonds. The van der Waals surface area contributed by atoms with Crippen molar-refractivity contribution in [1.82, 2.24) is 4.90 Å². The Morgan fingerprint density at radius 2 is 1.77 bits per heavy atom. The zero-order valence-corrected chi connectivity index (χ0v) is 14.9. The van der Waals surface area contributed by atoms with E-state index in [0.717, 1.165) is 12.0 Å². The molecule has 22 heavy (non-hydrogen) atoms. The van der Waals surface area contributed by atoms with Gasteiger partial charge in [-0.05, 0) is 54.9 Å². The average Bonchev–Trinajstić information content (AvgIpc) is 2.80. The molecule has 0 atom stereocenters. The van der Waals surface area contributed by atoms with Crippen molar-refractivity contribution in [3.63, 3.8) is 0 Å². The van der Waals surface area contributed by atoms with Gasteiger partial charge in [0, 0.05) is 13.1 Å². The second kappa shape index (κ2) is 5.57. The fourth-order valence-corrected chi connectivity index (χ4v) is 2.45. The molecule has 0 aliphatic carbocycles. The van der Waals surface area contributed by atoms with E-state index in [0.29, 0.717) is 13.1 Å². The standard InChI is InChI=1S/C16H28BNO4/c1-14(2,3)20-13(19)18-9-8-12(11-18)10-17-21-15(4,5)16(6,7)22-17/h10H,8-9,11H2,1-7H3/b12-10+. The Bertz CT molecular complexity index is 463. The molecule has 5 nitrogen and oxygen atoms in total. The number of hydrogen-bond donors (Lipinski definition) is 0. The molecule has 0 spiro atoms. The van der Waals surface area contributed by atoms with Crippen LogP contribution < -0.4 is 0 Å². The molecule has 0 aromatic heterocycles. The predicted octanol–water partition coefficient (Wildman–Crippen LogP) is 3.19. The molecule has 0 saturated carbocycles. The minimum Gasteiger partial charge on any atom is -0.444 e. The Morgan fingerprint density at radius 3 is 2.27 bits per heavy atom. The number of amides is 1. The topological polar surface area (TPSA) is 48.0 Å². The highest BCUT2D eigenvalue weighted by molar-refractivity contribution is 6.51. The van der Waals surface area contributed by atoms with Crippen molar-refractivity contribution in [1.29, 1.82) is 0 Å². The normalized spacial score (nSPS) is 25.9. The van der Waals surface area contributed by atoms with Gasteiger partial charge in [-0.1, -0.05) is 11.5 Å². The first kappa shape index (κ1) is 17.4. The maximum atomic E-state index is 12.1. The van der Waals surface area contributed by atoms with Gasteiger partial charge in [-0.2, -0.15) is 0 Å². The number of likely N-dealkylation sites (tertiary alicyclic amines) is 1. The van der Waals surface area contributed by atoms with Gasteiger partial charge in [0.15, 0.2) is 0 Å². The van der Waals surface area contributed by atoms with Gasteiger partial charge in [-0.15, -0.1) is 0 Å². The first-order valence-electron chi connectivity index (χ1n) is 7.93. The molecule has 0 unspecified atom stereocenters. The van der Waals surface area contributed by atoms with E-state index >= 15 is 0 Å². The van der Waals surface area contributed by atoms with Crippen molar-refractivity contribution in [2.75, 3.05) is 13.1 Å². The van der Waals surface area contributed by atoms with Gasteiger partial charge in [0.25, 0.3) is 0 Å². The van der Waals surface area contributed by atoms with Crippen LogP contribution in [0, 0.1) is 0 Å². The van der Waals surface area contributed by atoms with Crippen molar-refractivity contribution in [2.24, 2.45) is 0 Å². The molecule has 0 N–H and O–H groups in total. The van der Waals surface area contributed by atoms with Crippen LogP contribution in [0.25, 0.3) is 0 Å². The molecule has 2 rings (SSSR count). The van der Waals surface area contributed by atoms with E-state index in [1.54, 1.807) is 4.90 Å². The summed E-state index contributed by atoms with van der Waals surface area (Å²) >= 11 is 0. The van der Waals surface area contributed by atoms with Crippen molar-refractivity contribution >= 4 is 13.2 Å². The van der Waals surface area contributed by atoms with E-state index in [1.807, 2.05) is 54.4 Å². The van der Waals surface area contributed by atoms with Crippen LogP contribution in [0.1, 0.15) is 54.9 Å². The number of carbonyl (C=O) groups excluding carboxylic acids is 1. The third-order valence-electron chi connectivity index (χ3n) is 4.39.